The number of hydrogen-bond donors (Lipinski definition) is 2. The fraction of sp³-hybridized carbons (Fsp3) is 0.318. The van der Waals surface area contributed by atoms with Gasteiger partial charge in [0.2, 0.25) is 11.8 Å². The number of carbonyl (C=O) groups is 3. The van der Waals surface area contributed by atoms with E-state index in [1.54, 1.807) is 18.2 Å². The van der Waals surface area contributed by atoms with Crippen molar-refractivity contribution in [2.45, 2.75) is 26.4 Å². The van der Waals surface area contributed by atoms with Gasteiger partial charge in [0.25, 0.3) is 5.91 Å². The molecular formula is C22H24FN3O5. The van der Waals surface area contributed by atoms with Crippen molar-refractivity contribution >= 4 is 23.4 Å². The fourth-order valence-corrected chi connectivity index (χ4v) is 3.17. The zero-order chi connectivity index (χ0) is 22.4. The van der Waals surface area contributed by atoms with E-state index in [1.165, 1.54) is 36.1 Å². The van der Waals surface area contributed by atoms with Crippen LogP contribution in [0, 0.1) is 11.7 Å². The van der Waals surface area contributed by atoms with E-state index in [1.807, 2.05) is 13.0 Å². The SMILES string of the molecule is CCOc1ccccc1N1CC(C(=O)NNC(=O)C(C)Oc2ccc(F)cc2)CC1=O. The van der Waals surface area contributed by atoms with E-state index in [9.17, 15) is 18.8 Å². The maximum atomic E-state index is 12.9. The maximum absolute atomic E-state index is 12.9. The van der Waals surface area contributed by atoms with Crippen molar-refractivity contribution in [1.29, 1.82) is 0 Å². The van der Waals surface area contributed by atoms with Gasteiger partial charge in [-0.3, -0.25) is 25.2 Å². The summed E-state index contributed by atoms with van der Waals surface area (Å²) in [5.41, 5.74) is 5.25. The van der Waals surface area contributed by atoms with E-state index < -0.39 is 29.7 Å². The predicted molar refractivity (Wildman–Crippen MR) is 111 cm³/mol. The smallest absolute Gasteiger partial charge is 0.279 e. The number of benzene rings is 2. The lowest BCUT2D eigenvalue weighted by atomic mass is 10.1. The third-order valence-corrected chi connectivity index (χ3v) is 4.76. The minimum absolute atomic E-state index is 0.0177. The number of para-hydroxylation sites is 2. The van der Waals surface area contributed by atoms with Gasteiger partial charge in [-0.1, -0.05) is 12.1 Å². The molecule has 0 saturated carbocycles. The molecule has 1 fully saturated rings. The van der Waals surface area contributed by atoms with Crippen LogP contribution in [0.25, 0.3) is 0 Å². The lowest BCUT2D eigenvalue weighted by Gasteiger charge is -2.20. The monoisotopic (exact) mass is 429 g/mol. The highest BCUT2D eigenvalue weighted by Crippen LogP contribution is 2.33. The number of hydrogen-bond acceptors (Lipinski definition) is 5. The minimum Gasteiger partial charge on any atom is -0.492 e. The van der Waals surface area contributed by atoms with E-state index in [4.69, 9.17) is 9.47 Å². The molecule has 8 nitrogen and oxygen atoms in total. The summed E-state index contributed by atoms with van der Waals surface area (Å²) in [6, 6.07) is 12.4. The molecule has 0 spiro atoms. The van der Waals surface area contributed by atoms with Gasteiger partial charge in [-0.15, -0.1) is 0 Å². The quantitative estimate of drug-likeness (QED) is 0.658. The molecule has 31 heavy (non-hydrogen) atoms. The van der Waals surface area contributed by atoms with Crippen LogP contribution in [0.4, 0.5) is 10.1 Å². The van der Waals surface area contributed by atoms with E-state index in [2.05, 4.69) is 10.9 Å². The van der Waals surface area contributed by atoms with Gasteiger partial charge in [0.1, 0.15) is 17.3 Å². The number of halogens is 1. The Labute approximate surface area is 179 Å². The molecule has 0 bridgehead atoms. The van der Waals surface area contributed by atoms with Crippen LogP contribution in [-0.2, 0) is 14.4 Å². The first-order valence-electron chi connectivity index (χ1n) is 9.93. The first-order chi connectivity index (χ1) is 14.9. The Morgan fingerprint density at radius 3 is 2.58 bits per heavy atom. The van der Waals surface area contributed by atoms with Gasteiger partial charge in [-0.05, 0) is 50.2 Å². The van der Waals surface area contributed by atoms with Crippen molar-refractivity contribution in [3.63, 3.8) is 0 Å². The van der Waals surface area contributed by atoms with Crippen molar-refractivity contribution in [2.75, 3.05) is 18.1 Å². The Hall–Kier alpha value is -3.62. The number of hydrazine groups is 1. The van der Waals surface area contributed by atoms with Gasteiger partial charge in [-0.25, -0.2) is 4.39 Å². The van der Waals surface area contributed by atoms with E-state index >= 15 is 0 Å². The average Bonchev–Trinajstić information content (AvgIpc) is 3.15. The second kappa shape index (κ2) is 9.92. The third kappa shape index (κ3) is 5.50. The highest BCUT2D eigenvalue weighted by atomic mass is 19.1. The Morgan fingerprint density at radius 1 is 1.16 bits per heavy atom. The molecule has 2 unspecified atom stereocenters. The van der Waals surface area contributed by atoms with Crippen molar-refractivity contribution in [2.24, 2.45) is 5.92 Å². The molecule has 0 radical (unpaired) electrons. The normalized spacial score (nSPS) is 16.5. The topological polar surface area (TPSA) is 97.0 Å². The summed E-state index contributed by atoms with van der Waals surface area (Å²) in [4.78, 5) is 38.7. The molecule has 2 aromatic rings. The molecule has 0 aliphatic carbocycles. The van der Waals surface area contributed by atoms with Gasteiger partial charge in [0.15, 0.2) is 6.10 Å². The van der Waals surface area contributed by atoms with Crippen LogP contribution in [0.2, 0.25) is 0 Å². The molecule has 164 valence electrons. The fourth-order valence-electron chi connectivity index (χ4n) is 3.17. The summed E-state index contributed by atoms with van der Waals surface area (Å²) < 4.78 is 23.9. The summed E-state index contributed by atoms with van der Waals surface area (Å²) in [6.07, 6.45) is -0.908. The summed E-state index contributed by atoms with van der Waals surface area (Å²) in [5, 5.41) is 0. The van der Waals surface area contributed by atoms with Crippen LogP contribution in [0.3, 0.4) is 0 Å². The van der Waals surface area contributed by atoms with Crippen molar-refractivity contribution < 1.29 is 28.2 Å². The van der Waals surface area contributed by atoms with E-state index in [0.29, 0.717) is 23.8 Å². The lowest BCUT2D eigenvalue weighted by Crippen LogP contribution is -2.49. The van der Waals surface area contributed by atoms with Crippen LogP contribution < -0.4 is 25.2 Å². The summed E-state index contributed by atoms with van der Waals surface area (Å²) in [5.74, 6) is -1.42. The molecule has 1 aliphatic rings. The molecule has 3 rings (SSSR count). The molecule has 2 atom stereocenters. The standard InChI is InChI=1S/C22H24FN3O5/c1-3-30-19-7-5-4-6-18(19)26-13-15(12-20(26)27)22(29)25-24-21(28)14(2)31-17-10-8-16(23)9-11-17/h4-11,14-15H,3,12-13H2,1-2H3,(H,24,28)(H,25,29). The summed E-state index contributed by atoms with van der Waals surface area (Å²) >= 11 is 0. The van der Waals surface area contributed by atoms with E-state index in [-0.39, 0.29) is 18.9 Å². The number of rotatable bonds is 7. The van der Waals surface area contributed by atoms with Crippen molar-refractivity contribution in [3.8, 4) is 11.5 Å². The largest absolute Gasteiger partial charge is 0.492 e. The number of amides is 3. The van der Waals surface area contributed by atoms with E-state index in [0.717, 1.165) is 0 Å². The zero-order valence-electron chi connectivity index (χ0n) is 17.3. The summed E-state index contributed by atoms with van der Waals surface area (Å²) in [7, 11) is 0. The number of ether oxygens (including phenoxy) is 2. The molecular weight excluding hydrogens is 405 g/mol. The van der Waals surface area contributed by atoms with Crippen LogP contribution in [0.1, 0.15) is 20.3 Å². The zero-order valence-corrected chi connectivity index (χ0v) is 17.3. The minimum atomic E-state index is -0.925. The van der Waals surface area contributed by atoms with Crippen LogP contribution >= 0.6 is 0 Å². The molecule has 0 aromatic heterocycles. The first-order valence-corrected chi connectivity index (χ1v) is 9.93. The second-order valence-electron chi connectivity index (χ2n) is 7.00. The van der Waals surface area contributed by atoms with Crippen LogP contribution in [0.15, 0.2) is 48.5 Å². The molecule has 2 N–H and O–H groups in total. The first kappa shape index (κ1) is 22.1. The summed E-state index contributed by atoms with van der Waals surface area (Å²) in [6.45, 7) is 3.97. The Bertz CT molecular complexity index is 950. The number of nitrogens with one attached hydrogen (secondary N) is 2. The van der Waals surface area contributed by atoms with Crippen molar-refractivity contribution in [1.82, 2.24) is 10.9 Å². The molecule has 3 amide bonds. The Balaban J connectivity index is 1.53. The molecule has 1 aliphatic heterocycles. The predicted octanol–water partition coefficient (Wildman–Crippen LogP) is 2.19. The maximum Gasteiger partial charge on any atom is 0.279 e. The molecule has 9 heteroatoms. The highest BCUT2D eigenvalue weighted by Gasteiger charge is 2.36. The van der Waals surface area contributed by atoms with Gasteiger partial charge in [0, 0.05) is 13.0 Å². The Kier molecular flexibility index (Phi) is 7.07. The highest BCUT2D eigenvalue weighted by molar-refractivity contribution is 6.01. The van der Waals surface area contributed by atoms with Crippen LogP contribution in [-0.4, -0.2) is 37.0 Å². The number of nitrogens with zero attached hydrogens (tertiary/aromatic N) is 1. The Morgan fingerprint density at radius 2 is 1.87 bits per heavy atom. The van der Waals surface area contributed by atoms with Crippen molar-refractivity contribution in [3.05, 3.63) is 54.3 Å². The molecule has 1 heterocycles. The lowest BCUT2D eigenvalue weighted by molar-refractivity contribution is -0.134. The van der Waals surface area contributed by atoms with Crippen LogP contribution in [0.5, 0.6) is 11.5 Å². The van der Waals surface area contributed by atoms with Gasteiger partial charge in [0.05, 0.1) is 18.2 Å². The second-order valence-corrected chi connectivity index (χ2v) is 7.00. The average molecular weight is 429 g/mol. The third-order valence-electron chi connectivity index (χ3n) is 4.76. The number of anilines is 1. The van der Waals surface area contributed by atoms with Gasteiger partial charge >= 0.3 is 0 Å². The van der Waals surface area contributed by atoms with Gasteiger partial charge < -0.3 is 14.4 Å². The molecule has 1 saturated heterocycles. The molecule has 2 aromatic carbocycles. The number of carbonyl (C=O) groups excluding carboxylic acids is 3. The van der Waals surface area contributed by atoms with Gasteiger partial charge in [-0.2, -0.15) is 0 Å².